The van der Waals surface area contributed by atoms with Crippen LogP contribution >= 0.6 is 27.5 Å². The Morgan fingerprint density at radius 2 is 2.12 bits per heavy atom. The van der Waals surface area contributed by atoms with Gasteiger partial charge in [0.1, 0.15) is 17.0 Å². The van der Waals surface area contributed by atoms with Crippen molar-refractivity contribution >= 4 is 27.5 Å². The van der Waals surface area contributed by atoms with E-state index in [0.29, 0.717) is 11.6 Å². The SMILES string of the molecule is Cc1cnc(Br)cc1OCc1ccc(Cl)cn1. The summed E-state index contributed by atoms with van der Waals surface area (Å²) in [7, 11) is 0. The van der Waals surface area contributed by atoms with Crippen molar-refractivity contribution in [3.05, 3.63) is 51.5 Å². The van der Waals surface area contributed by atoms with E-state index >= 15 is 0 Å². The van der Waals surface area contributed by atoms with Crippen molar-refractivity contribution in [2.24, 2.45) is 0 Å². The molecule has 2 aromatic rings. The number of hydrogen-bond acceptors (Lipinski definition) is 3. The van der Waals surface area contributed by atoms with E-state index in [1.165, 1.54) is 0 Å². The fourth-order valence-corrected chi connectivity index (χ4v) is 1.70. The van der Waals surface area contributed by atoms with Crippen molar-refractivity contribution in [1.29, 1.82) is 0 Å². The minimum absolute atomic E-state index is 0.411. The molecular weight excluding hydrogens is 304 g/mol. The predicted octanol–water partition coefficient (Wildman–Crippen LogP) is 3.78. The molecule has 3 nitrogen and oxygen atoms in total. The van der Waals surface area contributed by atoms with Gasteiger partial charge >= 0.3 is 0 Å². The first-order valence-corrected chi connectivity index (χ1v) is 6.17. The van der Waals surface area contributed by atoms with Gasteiger partial charge in [-0.25, -0.2) is 4.98 Å². The Bertz CT molecular complexity index is 516. The molecule has 0 bridgehead atoms. The number of halogens is 2. The van der Waals surface area contributed by atoms with E-state index in [1.54, 1.807) is 18.5 Å². The highest BCUT2D eigenvalue weighted by molar-refractivity contribution is 9.10. The summed E-state index contributed by atoms with van der Waals surface area (Å²) in [5, 5.41) is 0.622. The molecule has 5 heteroatoms. The quantitative estimate of drug-likeness (QED) is 0.809. The first-order valence-electron chi connectivity index (χ1n) is 5.00. The van der Waals surface area contributed by atoms with E-state index in [0.717, 1.165) is 21.6 Å². The van der Waals surface area contributed by atoms with Crippen LogP contribution in [0.1, 0.15) is 11.3 Å². The molecule has 0 aliphatic rings. The average Bonchev–Trinajstić information content (AvgIpc) is 2.32. The minimum atomic E-state index is 0.411. The largest absolute Gasteiger partial charge is 0.487 e. The summed E-state index contributed by atoms with van der Waals surface area (Å²) >= 11 is 9.06. The number of pyridine rings is 2. The van der Waals surface area contributed by atoms with Gasteiger partial charge in [-0.1, -0.05) is 11.6 Å². The average molecular weight is 314 g/mol. The van der Waals surface area contributed by atoms with Crippen molar-refractivity contribution in [1.82, 2.24) is 9.97 Å². The van der Waals surface area contributed by atoms with Crippen LogP contribution < -0.4 is 4.74 Å². The fourth-order valence-electron chi connectivity index (χ4n) is 1.28. The Kier molecular flexibility index (Phi) is 3.97. The predicted molar refractivity (Wildman–Crippen MR) is 70.3 cm³/mol. The first-order chi connectivity index (χ1) is 8.15. The lowest BCUT2D eigenvalue weighted by Gasteiger charge is -2.08. The van der Waals surface area contributed by atoms with Gasteiger partial charge in [-0.15, -0.1) is 0 Å². The number of rotatable bonds is 3. The molecule has 0 aliphatic heterocycles. The van der Waals surface area contributed by atoms with Crippen LogP contribution in [0.2, 0.25) is 5.02 Å². The maximum atomic E-state index is 5.76. The lowest BCUT2D eigenvalue weighted by molar-refractivity contribution is 0.298. The number of aryl methyl sites for hydroxylation is 1. The molecule has 0 spiro atoms. The summed E-state index contributed by atoms with van der Waals surface area (Å²) in [6.07, 6.45) is 3.37. The second kappa shape index (κ2) is 5.47. The fraction of sp³-hybridized carbons (Fsp3) is 0.167. The second-order valence-electron chi connectivity index (χ2n) is 3.53. The van der Waals surface area contributed by atoms with Crippen LogP contribution in [-0.2, 0) is 6.61 Å². The summed E-state index contributed by atoms with van der Waals surface area (Å²) < 4.78 is 6.42. The van der Waals surface area contributed by atoms with E-state index in [2.05, 4.69) is 25.9 Å². The van der Waals surface area contributed by atoms with Gasteiger partial charge in [0.15, 0.2) is 0 Å². The van der Waals surface area contributed by atoms with Gasteiger partial charge in [0.05, 0.1) is 10.7 Å². The zero-order valence-corrected chi connectivity index (χ0v) is 11.5. The molecule has 17 heavy (non-hydrogen) atoms. The van der Waals surface area contributed by atoms with E-state index in [4.69, 9.17) is 16.3 Å². The Hall–Kier alpha value is -1.13. The maximum absolute atomic E-state index is 5.76. The van der Waals surface area contributed by atoms with Gasteiger partial charge < -0.3 is 4.74 Å². The second-order valence-corrected chi connectivity index (χ2v) is 4.78. The summed E-state index contributed by atoms with van der Waals surface area (Å²) in [5.41, 5.74) is 1.82. The number of nitrogens with zero attached hydrogens (tertiary/aromatic N) is 2. The third-order valence-electron chi connectivity index (χ3n) is 2.18. The zero-order chi connectivity index (χ0) is 12.3. The van der Waals surface area contributed by atoms with Gasteiger partial charge in [0.2, 0.25) is 0 Å². The standard InChI is InChI=1S/C12H10BrClN2O/c1-8-5-16-12(13)4-11(8)17-7-10-3-2-9(14)6-15-10/h2-6H,7H2,1H3. The zero-order valence-electron chi connectivity index (χ0n) is 9.15. The molecule has 0 aromatic carbocycles. The van der Waals surface area contributed by atoms with Crippen LogP contribution in [0.4, 0.5) is 0 Å². The lowest BCUT2D eigenvalue weighted by atomic mass is 10.3. The molecule has 0 fully saturated rings. The molecule has 0 N–H and O–H groups in total. The Balaban J connectivity index is 2.07. The molecule has 0 unspecified atom stereocenters. The van der Waals surface area contributed by atoms with Crippen LogP contribution in [0.3, 0.4) is 0 Å². The number of ether oxygens (including phenoxy) is 1. The molecule has 0 radical (unpaired) electrons. The summed E-state index contributed by atoms with van der Waals surface area (Å²) in [6.45, 7) is 2.36. The van der Waals surface area contributed by atoms with Gasteiger partial charge in [0, 0.05) is 24.0 Å². The lowest BCUT2D eigenvalue weighted by Crippen LogP contribution is -1.99. The molecule has 88 valence electrons. The van der Waals surface area contributed by atoms with Gasteiger partial charge in [-0.3, -0.25) is 4.98 Å². The Morgan fingerprint density at radius 3 is 2.82 bits per heavy atom. The highest BCUT2D eigenvalue weighted by atomic mass is 79.9. The third kappa shape index (κ3) is 3.41. The highest BCUT2D eigenvalue weighted by Gasteiger charge is 2.02. The van der Waals surface area contributed by atoms with Gasteiger partial charge in [0.25, 0.3) is 0 Å². The van der Waals surface area contributed by atoms with Crippen LogP contribution in [0.5, 0.6) is 5.75 Å². The van der Waals surface area contributed by atoms with Gasteiger partial charge in [-0.05, 0) is 35.0 Å². The molecule has 0 atom stereocenters. The smallest absolute Gasteiger partial charge is 0.130 e. The van der Waals surface area contributed by atoms with Crippen LogP contribution in [-0.4, -0.2) is 9.97 Å². The van der Waals surface area contributed by atoms with Crippen LogP contribution in [0.15, 0.2) is 35.2 Å². The molecule has 0 aliphatic carbocycles. The maximum Gasteiger partial charge on any atom is 0.130 e. The van der Waals surface area contributed by atoms with Crippen LogP contribution in [0.25, 0.3) is 0 Å². The van der Waals surface area contributed by atoms with Gasteiger partial charge in [-0.2, -0.15) is 0 Å². The highest BCUT2D eigenvalue weighted by Crippen LogP contribution is 2.21. The van der Waals surface area contributed by atoms with Crippen molar-refractivity contribution in [2.75, 3.05) is 0 Å². The van der Waals surface area contributed by atoms with Crippen LogP contribution in [0, 0.1) is 6.92 Å². The van der Waals surface area contributed by atoms with E-state index in [-0.39, 0.29) is 0 Å². The monoisotopic (exact) mass is 312 g/mol. The third-order valence-corrected chi connectivity index (χ3v) is 2.84. The molecule has 0 saturated carbocycles. The van der Waals surface area contributed by atoms with Crippen molar-refractivity contribution in [3.8, 4) is 5.75 Å². The van der Waals surface area contributed by atoms with E-state index in [9.17, 15) is 0 Å². The Morgan fingerprint density at radius 1 is 1.29 bits per heavy atom. The Labute approximate surface area is 113 Å². The summed E-state index contributed by atoms with van der Waals surface area (Å²) in [6, 6.07) is 5.47. The minimum Gasteiger partial charge on any atom is -0.487 e. The normalized spacial score (nSPS) is 10.3. The molecule has 2 heterocycles. The number of aromatic nitrogens is 2. The molecule has 2 rings (SSSR count). The summed E-state index contributed by atoms with van der Waals surface area (Å²) in [5.74, 6) is 0.795. The van der Waals surface area contributed by atoms with Crippen molar-refractivity contribution < 1.29 is 4.74 Å². The van der Waals surface area contributed by atoms with Crippen molar-refractivity contribution in [3.63, 3.8) is 0 Å². The molecule has 0 amide bonds. The van der Waals surface area contributed by atoms with Crippen molar-refractivity contribution in [2.45, 2.75) is 13.5 Å². The summed E-state index contributed by atoms with van der Waals surface area (Å²) in [4.78, 5) is 8.27. The molecular formula is C12H10BrClN2O. The van der Waals surface area contributed by atoms with E-state index in [1.807, 2.05) is 19.1 Å². The topological polar surface area (TPSA) is 35.0 Å². The number of hydrogen-bond donors (Lipinski definition) is 0. The van der Waals surface area contributed by atoms with E-state index < -0.39 is 0 Å². The first kappa shape index (κ1) is 12.3. The molecule has 2 aromatic heterocycles. The molecule has 0 saturated heterocycles.